The largest absolute Gasteiger partial charge is 0.253 e. The van der Waals surface area contributed by atoms with E-state index in [4.69, 9.17) is 10.1 Å². The van der Waals surface area contributed by atoms with Gasteiger partial charge in [-0.3, -0.25) is 4.99 Å². The van der Waals surface area contributed by atoms with Crippen molar-refractivity contribution in [2.24, 2.45) is 10.1 Å². The molecule has 0 N–H and O–H groups in total. The molecule has 27 heavy (non-hydrogen) atoms. The quantitative estimate of drug-likeness (QED) is 0.433. The van der Waals surface area contributed by atoms with Gasteiger partial charge >= 0.3 is 0 Å². The Bertz CT molecular complexity index is 1080. The first kappa shape index (κ1) is 17.2. The van der Waals surface area contributed by atoms with E-state index in [1.807, 2.05) is 77.6 Å². The Hall–Kier alpha value is -3.24. The molecule has 0 fully saturated rings. The highest BCUT2D eigenvalue weighted by Crippen LogP contribution is 2.19. The molecule has 0 aliphatic heterocycles. The predicted octanol–water partition coefficient (Wildman–Crippen LogP) is 5.20. The molecule has 3 nitrogen and oxygen atoms in total. The van der Waals surface area contributed by atoms with Crippen LogP contribution in [0.25, 0.3) is 11.3 Å². The summed E-state index contributed by atoms with van der Waals surface area (Å²) in [7, 11) is 0. The SMILES string of the molecule is C(=Nn1c(-c2ccccc2)csc1=NCc1ccccc1)c1ccccc1. The van der Waals surface area contributed by atoms with Crippen molar-refractivity contribution in [3.8, 4) is 11.3 Å². The van der Waals surface area contributed by atoms with Crippen LogP contribution in [-0.2, 0) is 6.54 Å². The average Bonchev–Trinajstić information content (AvgIpc) is 3.15. The van der Waals surface area contributed by atoms with Crippen LogP contribution >= 0.6 is 11.3 Å². The Morgan fingerprint density at radius 3 is 2.11 bits per heavy atom. The van der Waals surface area contributed by atoms with E-state index < -0.39 is 0 Å². The summed E-state index contributed by atoms with van der Waals surface area (Å²) in [4.78, 5) is 5.68. The average molecular weight is 369 g/mol. The lowest BCUT2D eigenvalue weighted by atomic mass is 10.2. The fraction of sp³-hybridized carbons (Fsp3) is 0.0435. The zero-order valence-electron chi connectivity index (χ0n) is 14.8. The highest BCUT2D eigenvalue weighted by Gasteiger charge is 2.06. The molecule has 0 unspecified atom stereocenters. The van der Waals surface area contributed by atoms with Crippen molar-refractivity contribution < 1.29 is 0 Å². The van der Waals surface area contributed by atoms with E-state index >= 15 is 0 Å². The number of hydrogen-bond acceptors (Lipinski definition) is 3. The fourth-order valence-electron chi connectivity index (χ4n) is 2.73. The van der Waals surface area contributed by atoms with Gasteiger partial charge < -0.3 is 0 Å². The van der Waals surface area contributed by atoms with E-state index in [1.165, 1.54) is 5.56 Å². The number of aromatic nitrogens is 1. The van der Waals surface area contributed by atoms with Crippen molar-refractivity contribution in [2.75, 3.05) is 0 Å². The molecule has 0 spiro atoms. The van der Waals surface area contributed by atoms with Crippen LogP contribution in [0.2, 0.25) is 0 Å². The molecule has 1 heterocycles. The second kappa shape index (κ2) is 8.43. The van der Waals surface area contributed by atoms with Crippen LogP contribution in [0, 0.1) is 0 Å². The highest BCUT2D eigenvalue weighted by molar-refractivity contribution is 7.07. The standard InChI is InChI=1S/C23H19N3S/c1-4-10-19(11-5-1)16-24-23-26(25-17-20-12-6-2-7-13-20)22(18-27-23)21-14-8-3-9-15-21/h1-15,17-18H,16H2. The molecule has 0 bridgehead atoms. The fourth-order valence-corrected chi connectivity index (χ4v) is 3.57. The minimum Gasteiger partial charge on any atom is -0.253 e. The van der Waals surface area contributed by atoms with Crippen molar-refractivity contribution in [3.63, 3.8) is 0 Å². The molecule has 4 rings (SSSR count). The zero-order chi connectivity index (χ0) is 18.3. The summed E-state index contributed by atoms with van der Waals surface area (Å²) in [6.07, 6.45) is 1.88. The van der Waals surface area contributed by atoms with E-state index in [9.17, 15) is 0 Å². The van der Waals surface area contributed by atoms with Gasteiger partial charge in [-0.25, -0.2) is 4.68 Å². The Morgan fingerprint density at radius 2 is 1.41 bits per heavy atom. The van der Waals surface area contributed by atoms with Gasteiger partial charge in [0.05, 0.1) is 18.5 Å². The van der Waals surface area contributed by atoms with Crippen LogP contribution in [-0.4, -0.2) is 10.9 Å². The number of nitrogens with zero attached hydrogens (tertiary/aromatic N) is 3. The van der Waals surface area contributed by atoms with Crippen LogP contribution in [0.15, 0.2) is 106 Å². The maximum Gasteiger partial charge on any atom is 0.206 e. The summed E-state index contributed by atoms with van der Waals surface area (Å²) in [6, 6.07) is 30.7. The number of hydrogen-bond donors (Lipinski definition) is 0. The van der Waals surface area contributed by atoms with Gasteiger partial charge in [0.25, 0.3) is 0 Å². The molecule has 0 saturated heterocycles. The lowest BCUT2D eigenvalue weighted by molar-refractivity contribution is 0.824. The third kappa shape index (κ3) is 4.30. The monoisotopic (exact) mass is 369 g/mol. The summed E-state index contributed by atoms with van der Waals surface area (Å²) in [5.74, 6) is 0. The summed E-state index contributed by atoms with van der Waals surface area (Å²) < 4.78 is 1.93. The number of rotatable bonds is 5. The molecule has 0 amide bonds. The smallest absolute Gasteiger partial charge is 0.206 e. The molecule has 0 radical (unpaired) electrons. The van der Waals surface area contributed by atoms with Crippen LogP contribution < -0.4 is 4.80 Å². The van der Waals surface area contributed by atoms with Crippen LogP contribution in [0.4, 0.5) is 0 Å². The summed E-state index contributed by atoms with van der Waals surface area (Å²) >= 11 is 1.61. The molecular formula is C23H19N3S. The van der Waals surface area contributed by atoms with E-state index in [2.05, 4.69) is 29.6 Å². The Morgan fingerprint density at radius 1 is 0.778 bits per heavy atom. The number of benzene rings is 3. The van der Waals surface area contributed by atoms with Crippen LogP contribution in [0.1, 0.15) is 11.1 Å². The van der Waals surface area contributed by atoms with E-state index in [-0.39, 0.29) is 0 Å². The molecule has 1 aromatic heterocycles. The van der Waals surface area contributed by atoms with Gasteiger partial charge in [0.1, 0.15) is 0 Å². The van der Waals surface area contributed by atoms with E-state index in [0.29, 0.717) is 6.54 Å². The molecule has 0 aliphatic rings. The lowest BCUT2D eigenvalue weighted by Crippen LogP contribution is -2.12. The van der Waals surface area contributed by atoms with Crippen LogP contribution in [0.5, 0.6) is 0 Å². The van der Waals surface area contributed by atoms with Crippen molar-refractivity contribution in [1.29, 1.82) is 0 Å². The molecule has 3 aromatic carbocycles. The predicted molar refractivity (Wildman–Crippen MR) is 113 cm³/mol. The second-order valence-corrected chi connectivity index (χ2v) is 6.87. The second-order valence-electron chi connectivity index (χ2n) is 6.04. The van der Waals surface area contributed by atoms with Crippen molar-refractivity contribution in [1.82, 2.24) is 4.68 Å². The van der Waals surface area contributed by atoms with Crippen molar-refractivity contribution in [3.05, 3.63) is 112 Å². The molecule has 0 aliphatic carbocycles. The van der Waals surface area contributed by atoms with Gasteiger partial charge in [-0.15, -0.1) is 11.3 Å². The maximum absolute atomic E-state index is 4.80. The summed E-state index contributed by atoms with van der Waals surface area (Å²) in [5, 5.41) is 6.85. The van der Waals surface area contributed by atoms with Gasteiger partial charge in [0.15, 0.2) is 0 Å². The van der Waals surface area contributed by atoms with Gasteiger partial charge in [0, 0.05) is 10.9 Å². The van der Waals surface area contributed by atoms with Crippen LogP contribution in [0.3, 0.4) is 0 Å². The molecule has 0 saturated carbocycles. The Kier molecular flexibility index (Phi) is 5.36. The minimum absolute atomic E-state index is 0.635. The molecule has 4 heteroatoms. The first-order valence-electron chi connectivity index (χ1n) is 8.80. The third-order valence-electron chi connectivity index (χ3n) is 4.12. The zero-order valence-corrected chi connectivity index (χ0v) is 15.6. The Balaban J connectivity index is 1.75. The van der Waals surface area contributed by atoms with Crippen molar-refractivity contribution >= 4 is 17.6 Å². The molecule has 4 aromatic rings. The Labute approximate surface area is 162 Å². The van der Waals surface area contributed by atoms with Crippen molar-refractivity contribution in [2.45, 2.75) is 6.54 Å². The van der Waals surface area contributed by atoms with Gasteiger partial charge in [-0.1, -0.05) is 91.0 Å². The van der Waals surface area contributed by atoms with Gasteiger partial charge in [-0.2, -0.15) is 5.10 Å². The molecule has 132 valence electrons. The number of thiazole rings is 1. The highest BCUT2D eigenvalue weighted by atomic mass is 32.1. The first-order valence-corrected chi connectivity index (χ1v) is 9.68. The summed E-state index contributed by atoms with van der Waals surface area (Å²) in [5.41, 5.74) is 4.41. The summed E-state index contributed by atoms with van der Waals surface area (Å²) in [6.45, 7) is 0.635. The van der Waals surface area contributed by atoms with E-state index in [0.717, 1.165) is 21.6 Å². The first-order chi connectivity index (χ1) is 13.4. The molecule has 0 atom stereocenters. The van der Waals surface area contributed by atoms with Gasteiger partial charge in [0.2, 0.25) is 4.80 Å². The van der Waals surface area contributed by atoms with E-state index in [1.54, 1.807) is 11.3 Å². The minimum atomic E-state index is 0.635. The molecular weight excluding hydrogens is 350 g/mol. The maximum atomic E-state index is 4.80. The van der Waals surface area contributed by atoms with Gasteiger partial charge in [-0.05, 0) is 11.1 Å². The third-order valence-corrected chi connectivity index (χ3v) is 4.97. The normalized spacial score (nSPS) is 11.9. The lowest BCUT2D eigenvalue weighted by Gasteiger charge is -2.03. The topological polar surface area (TPSA) is 29.6 Å².